The van der Waals surface area contributed by atoms with E-state index in [2.05, 4.69) is 31.0 Å². The van der Waals surface area contributed by atoms with Crippen LogP contribution in [0.25, 0.3) is 0 Å². The molecule has 1 N–H and O–H groups in total. The minimum Gasteiger partial charge on any atom is -0.356 e. The average Bonchev–Trinajstić information content (AvgIpc) is 3.09. The summed E-state index contributed by atoms with van der Waals surface area (Å²) in [7, 11) is 0. The third-order valence-corrected chi connectivity index (χ3v) is 3.83. The van der Waals surface area contributed by atoms with Crippen LogP contribution < -0.4 is 0 Å². The molecule has 1 aliphatic heterocycles. The lowest BCUT2D eigenvalue weighted by Crippen LogP contribution is -2.41. The Kier molecular flexibility index (Phi) is 3.37. The third-order valence-electron chi connectivity index (χ3n) is 3.37. The zero-order valence-corrected chi connectivity index (χ0v) is 11.9. The fraction of sp³-hybridized carbons (Fsp3) is 0.417. The largest absolute Gasteiger partial charge is 0.356 e. The van der Waals surface area contributed by atoms with Crippen molar-refractivity contribution in [3.05, 3.63) is 35.1 Å². The molecule has 2 aromatic heterocycles. The number of carbonyl (C=O) groups is 1. The number of hydrogen-bond donors (Lipinski definition) is 1. The Morgan fingerprint density at radius 2 is 2.42 bits per heavy atom. The molecule has 6 nitrogen and oxygen atoms in total. The van der Waals surface area contributed by atoms with Crippen molar-refractivity contribution in [2.75, 3.05) is 13.1 Å². The van der Waals surface area contributed by atoms with Gasteiger partial charge in [0.1, 0.15) is 18.3 Å². The van der Waals surface area contributed by atoms with Gasteiger partial charge in [-0.25, -0.2) is 9.67 Å². The lowest BCUT2D eigenvalue weighted by Gasteiger charge is -2.32. The first kappa shape index (κ1) is 12.4. The molecule has 1 fully saturated rings. The van der Waals surface area contributed by atoms with Crippen LogP contribution in [0.2, 0.25) is 0 Å². The highest BCUT2D eigenvalue weighted by molar-refractivity contribution is 9.10. The Labute approximate surface area is 118 Å². The average molecular weight is 324 g/mol. The van der Waals surface area contributed by atoms with Crippen molar-refractivity contribution in [3.63, 3.8) is 0 Å². The summed E-state index contributed by atoms with van der Waals surface area (Å²) in [5, 5.41) is 4.16. The molecule has 1 atom stereocenters. The molecule has 0 spiro atoms. The van der Waals surface area contributed by atoms with Crippen molar-refractivity contribution < 1.29 is 4.79 Å². The summed E-state index contributed by atoms with van der Waals surface area (Å²) in [5.74, 6) is 0.0375. The van der Waals surface area contributed by atoms with Gasteiger partial charge in [-0.2, -0.15) is 5.10 Å². The Balaban J connectivity index is 1.73. The van der Waals surface area contributed by atoms with E-state index in [1.54, 1.807) is 18.6 Å². The van der Waals surface area contributed by atoms with Crippen molar-refractivity contribution in [3.8, 4) is 0 Å². The molecular weight excluding hydrogens is 310 g/mol. The highest BCUT2D eigenvalue weighted by atomic mass is 79.9. The van der Waals surface area contributed by atoms with Crippen LogP contribution >= 0.6 is 15.9 Å². The number of rotatable bonds is 2. The standard InChI is InChI=1S/C12H14BrN5O/c13-9-4-11(15-5-9)12(19)17-3-1-2-10(6-17)18-8-14-7-16-18/h4-5,7-8,10,15H,1-3,6H2. The Morgan fingerprint density at radius 1 is 1.53 bits per heavy atom. The molecule has 0 radical (unpaired) electrons. The molecule has 3 heterocycles. The lowest BCUT2D eigenvalue weighted by molar-refractivity contribution is 0.0667. The van der Waals surface area contributed by atoms with Gasteiger partial charge in [-0.1, -0.05) is 0 Å². The second-order valence-electron chi connectivity index (χ2n) is 4.65. The first-order valence-corrected chi connectivity index (χ1v) is 7.00. The summed E-state index contributed by atoms with van der Waals surface area (Å²) >= 11 is 3.34. The van der Waals surface area contributed by atoms with E-state index in [-0.39, 0.29) is 11.9 Å². The minimum atomic E-state index is 0.0375. The summed E-state index contributed by atoms with van der Waals surface area (Å²) in [6.07, 6.45) is 7.03. The molecular formula is C12H14BrN5O. The van der Waals surface area contributed by atoms with E-state index in [0.717, 1.165) is 23.9 Å². The number of likely N-dealkylation sites (tertiary alicyclic amines) is 1. The highest BCUT2D eigenvalue weighted by Gasteiger charge is 2.26. The van der Waals surface area contributed by atoms with Gasteiger partial charge < -0.3 is 9.88 Å². The van der Waals surface area contributed by atoms with Gasteiger partial charge in [-0.15, -0.1) is 0 Å². The molecule has 0 aliphatic carbocycles. The van der Waals surface area contributed by atoms with Gasteiger partial charge in [0, 0.05) is 23.8 Å². The van der Waals surface area contributed by atoms with Crippen molar-refractivity contribution in [1.29, 1.82) is 0 Å². The maximum Gasteiger partial charge on any atom is 0.270 e. The van der Waals surface area contributed by atoms with Crippen LogP contribution in [0.3, 0.4) is 0 Å². The fourth-order valence-corrected chi connectivity index (χ4v) is 2.77. The lowest BCUT2D eigenvalue weighted by atomic mass is 10.1. The third kappa shape index (κ3) is 2.56. The number of piperidine rings is 1. The van der Waals surface area contributed by atoms with Gasteiger partial charge >= 0.3 is 0 Å². The molecule has 1 aliphatic rings. The molecule has 100 valence electrons. The molecule has 1 unspecified atom stereocenters. The van der Waals surface area contributed by atoms with E-state index < -0.39 is 0 Å². The van der Waals surface area contributed by atoms with Gasteiger partial charge in [-0.3, -0.25) is 4.79 Å². The minimum absolute atomic E-state index is 0.0375. The zero-order chi connectivity index (χ0) is 13.2. The van der Waals surface area contributed by atoms with Gasteiger partial charge in [0.15, 0.2) is 0 Å². The van der Waals surface area contributed by atoms with E-state index in [9.17, 15) is 4.79 Å². The van der Waals surface area contributed by atoms with Crippen LogP contribution in [0, 0.1) is 0 Å². The molecule has 3 rings (SSSR count). The maximum atomic E-state index is 12.4. The van der Waals surface area contributed by atoms with Crippen LogP contribution in [0.15, 0.2) is 29.4 Å². The van der Waals surface area contributed by atoms with Crippen LogP contribution in [-0.4, -0.2) is 43.6 Å². The smallest absolute Gasteiger partial charge is 0.270 e. The van der Waals surface area contributed by atoms with Crippen molar-refractivity contribution in [1.82, 2.24) is 24.6 Å². The molecule has 1 amide bonds. The SMILES string of the molecule is O=C(c1cc(Br)c[nH]1)N1CCCC(n2cncn2)C1. The number of nitrogens with one attached hydrogen (secondary N) is 1. The van der Waals surface area contributed by atoms with E-state index in [1.807, 2.05) is 9.58 Å². The number of hydrogen-bond acceptors (Lipinski definition) is 3. The predicted octanol–water partition coefficient (Wildman–Crippen LogP) is 1.85. The van der Waals surface area contributed by atoms with E-state index in [1.165, 1.54) is 6.33 Å². The van der Waals surface area contributed by atoms with E-state index in [4.69, 9.17) is 0 Å². The van der Waals surface area contributed by atoms with Crippen molar-refractivity contribution in [2.45, 2.75) is 18.9 Å². The Morgan fingerprint density at radius 3 is 3.11 bits per heavy atom. The number of nitrogens with zero attached hydrogens (tertiary/aromatic N) is 4. The molecule has 19 heavy (non-hydrogen) atoms. The van der Waals surface area contributed by atoms with Crippen LogP contribution in [0.5, 0.6) is 0 Å². The highest BCUT2D eigenvalue weighted by Crippen LogP contribution is 2.22. The summed E-state index contributed by atoms with van der Waals surface area (Å²) in [6, 6.07) is 2.03. The molecule has 0 bridgehead atoms. The topological polar surface area (TPSA) is 66.8 Å². The monoisotopic (exact) mass is 323 g/mol. The summed E-state index contributed by atoms with van der Waals surface area (Å²) in [4.78, 5) is 21.2. The van der Waals surface area contributed by atoms with Crippen molar-refractivity contribution >= 4 is 21.8 Å². The first-order valence-electron chi connectivity index (χ1n) is 6.21. The van der Waals surface area contributed by atoms with E-state index in [0.29, 0.717) is 12.2 Å². The summed E-state index contributed by atoms with van der Waals surface area (Å²) in [5.41, 5.74) is 0.617. The number of halogens is 1. The second-order valence-corrected chi connectivity index (χ2v) is 5.57. The van der Waals surface area contributed by atoms with Crippen LogP contribution in [0.1, 0.15) is 29.4 Å². The van der Waals surface area contributed by atoms with Gasteiger partial charge in [0.05, 0.1) is 6.04 Å². The molecule has 0 aromatic carbocycles. The molecule has 0 saturated carbocycles. The maximum absolute atomic E-state index is 12.4. The summed E-state index contributed by atoms with van der Waals surface area (Å²) < 4.78 is 2.73. The molecule has 1 saturated heterocycles. The van der Waals surface area contributed by atoms with Crippen LogP contribution in [0.4, 0.5) is 0 Å². The van der Waals surface area contributed by atoms with Crippen LogP contribution in [-0.2, 0) is 0 Å². The molecule has 7 heteroatoms. The van der Waals surface area contributed by atoms with Crippen molar-refractivity contribution in [2.24, 2.45) is 0 Å². The normalized spacial score (nSPS) is 19.6. The number of H-pyrrole nitrogens is 1. The van der Waals surface area contributed by atoms with Gasteiger partial charge in [0.25, 0.3) is 5.91 Å². The van der Waals surface area contributed by atoms with Gasteiger partial charge in [0.2, 0.25) is 0 Å². The Hall–Kier alpha value is -1.63. The number of amides is 1. The Bertz CT molecular complexity index is 564. The number of aromatic amines is 1. The molecule has 2 aromatic rings. The predicted molar refractivity (Wildman–Crippen MR) is 72.7 cm³/mol. The number of carbonyl (C=O) groups excluding carboxylic acids is 1. The zero-order valence-electron chi connectivity index (χ0n) is 10.3. The van der Waals surface area contributed by atoms with Gasteiger partial charge in [-0.05, 0) is 34.8 Å². The first-order chi connectivity index (χ1) is 9.24. The quantitative estimate of drug-likeness (QED) is 0.917. The van der Waals surface area contributed by atoms with E-state index >= 15 is 0 Å². The number of aromatic nitrogens is 4. The summed E-state index contributed by atoms with van der Waals surface area (Å²) in [6.45, 7) is 1.47. The second kappa shape index (κ2) is 5.16. The fourth-order valence-electron chi connectivity index (χ4n) is 2.42.